The molecular weight excluding hydrogens is 296 g/mol. The Kier molecular flexibility index (Phi) is 4.04. The van der Waals surface area contributed by atoms with E-state index >= 15 is 0 Å². The van der Waals surface area contributed by atoms with E-state index in [-0.39, 0.29) is 17.1 Å². The molecule has 0 spiro atoms. The van der Waals surface area contributed by atoms with Crippen LogP contribution in [0.5, 0.6) is 5.75 Å². The SMILES string of the molecule is Cc1oc(COc2ccc(S(C)(=O)=O)cc2)cc1C(=O)O. The summed E-state index contributed by atoms with van der Waals surface area (Å²) in [5.74, 6) is 0.110. The van der Waals surface area contributed by atoms with E-state index < -0.39 is 15.8 Å². The summed E-state index contributed by atoms with van der Waals surface area (Å²) in [6.45, 7) is 1.63. The molecule has 1 aromatic heterocycles. The Morgan fingerprint density at radius 1 is 1.29 bits per heavy atom. The molecule has 0 unspecified atom stereocenters. The van der Waals surface area contributed by atoms with Crippen LogP contribution in [0.15, 0.2) is 39.6 Å². The van der Waals surface area contributed by atoms with Gasteiger partial charge in [-0.1, -0.05) is 0 Å². The highest BCUT2D eigenvalue weighted by Crippen LogP contribution is 2.19. The first-order chi connectivity index (χ1) is 9.77. The molecule has 0 bridgehead atoms. The van der Waals surface area contributed by atoms with Crippen molar-refractivity contribution in [2.45, 2.75) is 18.4 Å². The maximum atomic E-state index is 11.3. The highest BCUT2D eigenvalue weighted by Gasteiger charge is 2.14. The Hall–Kier alpha value is -2.28. The maximum Gasteiger partial charge on any atom is 0.339 e. The van der Waals surface area contributed by atoms with Crippen molar-refractivity contribution < 1.29 is 27.5 Å². The maximum absolute atomic E-state index is 11.3. The lowest BCUT2D eigenvalue weighted by Gasteiger charge is -2.05. The lowest BCUT2D eigenvalue weighted by molar-refractivity contribution is 0.0695. The van der Waals surface area contributed by atoms with Gasteiger partial charge in [-0.3, -0.25) is 0 Å². The van der Waals surface area contributed by atoms with Crippen LogP contribution in [0.25, 0.3) is 0 Å². The van der Waals surface area contributed by atoms with Crippen molar-refractivity contribution in [2.24, 2.45) is 0 Å². The van der Waals surface area contributed by atoms with E-state index in [2.05, 4.69) is 0 Å². The topological polar surface area (TPSA) is 93.8 Å². The van der Waals surface area contributed by atoms with Crippen molar-refractivity contribution in [3.05, 3.63) is 47.4 Å². The highest BCUT2D eigenvalue weighted by molar-refractivity contribution is 7.90. The molecule has 0 saturated carbocycles. The van der Waals surface area contributed by atoms with Crippen molar-refractivity contribution in [2.75, 3.05) is 6.26 Å². The second-order valence-corrected chi connectivity index (χ2v) is 6.54. The summed E-state index contributed by atoms with van der Waals surface area (Å²) in [5, 5.41) is 8.91. The number of carboxylic acids is 1. The fourth-order valence-electron chi connectivity index (χ4n) is 1.76. The Balaban J connectivity index is 2.06. The van der Waals surface area contributed by atoms with Gasteiger partial charge >= 0.3 is 5.97 Å². The lowest BCUT2D eigenvalue weighted by Crippen LogP contribution is -1.98. The fraction of sp³-hybridized carbons (Fsp3) is 0.214. The predicted octanol–water partition coefficient (Wildman–Crippen LogP) is 2.27. The van der Waals surface area contributed by atoms with Crippen molar-refractivity contribution >= 4 is 15.8 Å². The third kappa shape index (κ3) is 3.63. The number of aromatic carboxylic acids is 1. The third-order valence-electron chi connectivity index (χ3n) is 2.83. The van der Waals surface area contributed by atoms with Gasteiger partial charge in [-0.2, -0.15) is 0 Å². The summed E-state index contributed by atoms with van der Waals surface area (Å²) in [7, 11) is -3.24. The Labute approximate surface area is 121 Å². The van der Waals surface area contributed by atoms with Gasteiger partial charge in [0.25, 0.3) is 0 Å². The van der Waals surface area contributed by atoms with Crippen LogP contribution in [0.4, 0.5) is 0 Å². The van der Waals surface area contributed by atoms with E-state index in [0.29, 0.717) is 17.3 Å². The fourth-order valence-corrected chi connectivity index (χ4v) is 2.40. The highest BCUT2D eigenvalue weighted by atomic mass is 32.2. The van der Waals surface area contributed by atoms with Crippen LogP contribution in [-0.4, -0.2) is 25.7 Å². The number of benzene rings is 1. The molecule has 1 aromatic carbocycles. The standard InChI is InChI=1S/C14H14O6S/c1-9-13(14(15)16)7-11(20-9)8-19-10-3-5-12(6-4-10)21(2,17)18/h3-7H,8H2,1-2H3,(H,15,16). The van der Waals surface area contributed by atoms with E-state index in [1.165, 1.54) is 30.3 Å². The van der Waals surface area contributed by atoms with Crippen LogP contribution in [0.3, 0.4) is 0 Å². The summed E-state index contributed by atoms with van der Waals surface area (Å²) in [6, 6.07) is 7.36. The van der Waals surface area contributed by atoms with Gasteiger partial charge in [0.2, 0.25) is 0 Å². The molecule has 0 aliphatic rings. The molecule has 0 amide bonds. The molecule has 112 valence electrons. The van der Waals surface area contributed by atoms with Gasteiger partial charge in [0, 0.05) is 6.26 Å². The molecule has 0 radical (unpaired) electrons. The first-order valence-electron chi connectivity index (χ1n) is 6.03. The number of rotatable bonds is 5. The summed E-state index contributed by atoms with van der Waals surface area (Å²) in [6.07, 6.45) is 1.13. The van der Waals surface area contributed by atoms with Gasteiger partial charge < -0.3 is 14.3 Å². The van der Waals surface area contributed by atoms with E-state index in [1.807, 2.05) is 0 Å². The normalized spacial score (nSPS) is 11.3. The van der Waals surface area contributed by atoms with Crippen molar-refractivity contribution in [3.8, 4) is 5.75 Å². The molecule has 1 heterocycles. The number of ether oxygens (including phenoxy) is 1. The molecule has 6 nitrogen and oxygen atoms in total. The molecule has 0 aliphatic heterocycles. The number of carbonyl (C=O) groups is 1. The van der Waals surface area contributed by atoms with Crippen LogP contribution in [0, 0.1) is 6.92 Å². The van der Waals surface area contributed by atoms with E-state index in [4.69, 9.17) is 14.3 Å². The largest absolute Gasteiger partial charge is 0.486 e. The smallest absolute Gasteiger partial charge is 0.339 e. The quantitative estimate of drug-likeness (QED) is 0.910. The number of hydrogen-bond acceptors (Lipinski definition) is 5. The van der Waals surface area contributed by atoms with Crippen LogP contribution >= 0.6 is 0 Å². The first kappa shape index (κ1) is 15.1. The summed E-state index contributed by atoms with van der Waals surface area (Å²) >= 11 is 0. The van der Waals surface area contributed by atoms with Crippen LogP contribution in [-0.2, 0) is 16.4 Å². The molecule has 0 atom stereocenters. The van der Waals surface area contributed by atoms with Crippen molar-refractivity contribution in [3.63, 3.8) is 0 Å². The molecule has 21 heavy (non-hydrogen) atoms. The Morgan fingerprint density at radius 2 is 1.90 bits per heavy atom. The monoisotopic (exact) mass is 310 g/mol. The second kappa shape index (κ2) is 5.61. The zero-order chi connectivity index (χ0) is 15.6. The van der Waals surface area contributed by atoms with Gasteiger partial charge in [0.15, 0.2) is 9.84 Å². The molecular formula is C14H14O6S. The third-order valence-corrected chi connectivity index (χ3v) is 3.96. The number of hydrogen-bond donors (Lipinski definition) is 1. The molecule has 0 fully saturated rings. The number of furan rings is 1. The number of aryl methyl sites for hydroxylation is 1. The van der Waals surface area contributed by atoms with E-state index in [1.54, 1.807) is 6.92 Å². The zero-order valence-corrected chi connectivity index (χ0v) is 12.3. The molecule has 0 aliphatic carbocycles. The summed E-state index contributed by atoms with van der Waals surface area (Å²) in [4.78, 5) is 11.1. The Bertz CT molecular complexity index is 755. The van der Waals surface area contributed by atoms with E-state index in [0.717, 1.165) is 6.26 Å². The zero-order valence-electron chi connectivity index (χ0n) is 11.5. The molecule has 2 rings (SSSR count). The predicted molar refractivity (Wildman–Crippen MR) is 74.3 cm³/mol. The minimum absolute atomic E-state index is 0.0618. The Morgan fingerprint density at radius 3 is 2.38 bits per heavy atom. The van der Waals surface area contributed by atoms with Gasteiger partial charge in [0.1, 0.15) is 29.4 Å². The summed E-state index contributed by atoms with van der Waals surface area (Å²) in [5.41, 5.74) is 0.0982. The molecule has 0 saturated heterocycles. The average Bonchev–Trinajstić information content (AvgIpc) is 2.77. The first-order valence-corrected chi connectivity index (χ1v) is 7.92. The average molecular weight is 310 g/mol. The second-order valence-electron chi connectivity index (χ2n) is 4.52. The molecule has 1 N–H and O–H groups in total. The van der Waals surface area contributed by atoms with Crippen molar-refractivity contribution in [1.82, 2.24) is 0 Å². The van der Waals surface area contributed by atoms with Gasteiger partial charge in [-0.25, -0.2) is 13.2 Å². The number of carboxylic acid groups (broad SMARTS) is 1. The molecule has 7 heteroatoms. The minimum Gasteiger partial charge on any atom is -0.486 e. The van der Waals surface area contributed by atoms with Crippen LogP contribution in [0.2, 0.25) is 0 Å². The minimum atomic E-state index is -3.24. The van der Waals surface area contributed by atoms with Gasteiger partial charge in [-0.05, 0) is 37.3 Å². The van der Waals surface area contributed by atoms with Crippen LogP contribution < -0.4 is 4.74 Å². The van der Waals surface area contributed by atoms with Crippen molar-refractivity contribution in [1.29, 1.82) is 0 Å². The van der Waals surface area contributed by atoms with E-state index in [9.17, 15) is 13.2 Å². The molecule has 2 aromatic rings. The van der Waals surface area contributed by atoms with Gasteiger partial charge in [-0.15, -0.1) is 0 Å². The lowest BCUT2D eigenvalue weighted by atomic mass is 10.2. The van der Waals surface area contributed by atoms with Gasteiger partial charge in [0.05, 0.1) is 4.90 Å². The van der Waals surface area contributed by atoms with Crippen LogP contribution in [0.1, 0.15) is 21.9 Å². The summed E-state index contributed by atoms with van der Waals surface area (Å²) < 4.78 is 33.3. The number of sulfone groups is 1.